The zero-order chi connectivity index (χ0) is 11.4. The lowest BCUT2D eigenvalue weighted by atomic mass is 10.3. The number of benzene rings is 1. The van der Waals surface area contributed by atoms with E-state index < -0.39 is 5.97 Å². The second kappa shape index (κ2) is 5.46. The monoisotopic (exact) mass is 267 g/mol. The lowest BCUT2D eigenvalue weighted by Gasteiger charge is -2.06. The van der Waals surface area contributed by atoms with Crippen molar-refractivity contribution in [1.29, 1.82) is 0 Å². The molecule has 0 aromatic heterocycles. The van der Waals surface area contributed by atoms with Crippen LogP contribution in [0.2, 0.25) is 10.0 Å². The van der Waals surface area contributed by atoms with E-state index in [0.29, 0.717) is 9.92 Å². The van der Waals surface area contributed by atoms with Gasteiger partial charge in [0.05, 0.1) is 9.92 Å². The summed E-state index contributed by atoms with van der Waals surface area (Å²) in [5.41, 5.74) is 0. The number of nitrogens with one attached hydrogen (secondary N) is 1. The number of aromatic hydroxyl groups is 1. The predicted molar refractivity (Wildman–Crippen MR) is 59.6 cm³/mol. The maximum atomic E-state index is 10.2. The maximum absolute atomic E-state index is 10.2. The fourth-order valence-corrected chi connectivity index (χ4v) is 2.15. The Kier molecular flexibility index (Phi) is 4.53. The van der Waals surface area contributed by atoms with E-state index in [9.17, 15) is 9.90 Å². The molecule has 0 saturated heterocycles. The van der Waals surface area contributed by atoms with Gasteiger partial charge in [0.15, 0.2) is 0 Å². The summed E-state index contributed by atoms with van der Waals surface area (Å²) in [6.45, 7) is -0.228. The van der Waals surface area contributed by atoms with Gasteiger partial charge in [0.2, 0.25) is 0 Å². The van der Waals surface area contributed by atoms with E-state index in [0.717, 1.165) is 11.9 Å². The van der Waals surface area contributed by atoms with Crippen molar-refractivity contribution in [2.45, 2.75) is 4.90 Å². The van der Waals surface area contributed by atoms with Gasteiger partial charge in [0.25, 0.3) is 0 Å². The third kappa shape index (κ3) is 3.79. The molecule has 1 rings (SSSR count). The molecule has 1 aromatic rings. The van der Waals surface area contributed by atoms with E-state index in [2.05, 4.69) is 4.72 Å². The summed E-state index contributed by atoms with van der Waals surface area (Å²) in [5, 5.41) is 18.4. The Morgan fingerprint density at radius 2 is 2.13 bits per heavy atom. The zero-order valence-electron chi connectivity index (χ0n) is 7.33. The number of phenols is 1. The number of aliphatic carboxylic acids is 1. The summed E-state index contributed by atoms with van der Waals surface area (Å²) in [4.78, 5) is 10.6. The topological polar surface area (TPSA) is 69.6 Å². The molecule has 0 saturated carbocycles. The van der Waals surface area contributed by atoms with Gasteiger partial charge in [0, 0.05) is 5.02 Å². The van der Waals surface area contributed by atoms with E-state index in [1.54, 1.807) is 0 Å². The van der Waals surface area contributed by atoms with Crippen LogP contribution in [0.1, 0.15) is 0 Å². The highest BCUT2D eigenvalue weighted by molar-refractivity contribution is 7.97. The number of halogens is 2. The molecular formula is C8H7Cl2NO3S. The van der Waals surface area contributed by atoms with Crippen molar-refractivity contribution in [3.8, 4) is 5.75 Å². The lowest BCUT2D eigenvalue weighted by molar-refractivity contribution is -0.135. The minimum absolute atomic E-state index is 0.121. The number of carboxylic acid groups (broad SMARTS) is 1. The Hall–Kier alpha value is -0.620. The minimum atomic E-state index is -0.991. The molecule has 1 aromatic carbocycles. The van der Waals surface area contributed by atoms with Crippen LogP contribution in [0.3, 0.4) is 0 Å². The summed E-state index contributed by atoms with van der Waals surface area (Å²) in [6.07, 6.45) is 0. The molecule has 0 atom stereocenters. The molecule has 0 unspecified atom stereocenters. The van der Waals surface area contributed by atoms with Gasteiger partial charge in [0.1, 0.15) is 12.3 Å². The highest BCUT2D eigenvalue weighted by Crippen LogP contribution is 2.36. The fourth-order valence-electron chi connectivity index (χ4n) is 0.796. The third-order valence-corrected chi connectivity index (χ3v) is 2.72. The van der Waals surface area contributed by atoms with E-state index >= 15 is 0 Å². The normalized spacial score (nSPS) is 10.3. The average molecular weight is 268 g/mol. The molecule has 0 heterocycles. The molecule has 0 fully saturated rings. The molecule has 82 valence electrons. The molecule has 0 aliphatic heterocycles. The van der Waals surface area contributed by atoms with Gasteiger partial charge in [-0.2, -0.15) is 0 Å². The van der Waals surface area contributed by atoms with Crippen LogP contribution in [0.15, 0.2) is 17.0 Å². The zero-order valence-corrected chi connectivity index (χ0v) is 9.66. The average Bonchev–Trinajstić information content (AvgIpc) is 2.12. The fraction of sp³-hybridized carbons (Fsp3) is 0.125. The Morgan fingerprint density at radius 1 is 1.47 bits per heavy atom. The Labute approximate surface area is 100 Å². The van der Waals surface area contributed by atoms with Gasteiger partial charge in [-0.05, 0) is 24.1 Å². The van der Waals surface area contributed by atoms with Crippen LogP contribution in [-0.4, -0.2) is 22.7 Å². The van der Waals surface area contributed by atoms with E-state index in [1.165, 1.54) is 12.1 Å². The summed E-state index contributed by atoms with van der Waals surface area (Å²) < 4.78 is 2.54. The summed E-state index contributed by atoms with van der Waals surface area (Å²) in [5.74, 6) is -1.11. The number of phenolic OH excluding ortho intramolecular Hbond substituents is 1. The molecule has 15 heavy (non-hydrogen) atoms. The van der Waals surface area contributed by atoms with Gasteiger partial charge >= 0.3 is 5.97 Å². The first-order chi connectivity index (χ1) is 7.00. The van der Waals surface area contributed by atoms with Gasteiger partial charge in [-0.3, -0.25) is 4.79 Å². The number of hydrogen-bond acceptors (Lipinski definition) is 4. The van der Waals surface area contributed by atoms with E-state index in [1.807, 2.05) is 0 Å². The summed E-state index contributed by atoms with van der Waals surface area (Å²) in [7, 11) is 0. The molecule has 0 aliphatic rings. The Bertz CT molecular complexity index is 386. The van der Waals surface area contributed by atoms with Crippen LogP contribution >= 0.6 is 35.1 Å². The van der Waals surface area contributed by atoms with Crippen LogP contribution in [-0.2, 0) is 4.79 Å². The highest BCUT2D eigenvalue weighted by atomic mass is 35.5. The third-order valence-electron chi connectivity index (χ3n) is 1.40. The lowest BCUT2D eigenvalue weighted by Crippen LogP contribution is -2.15. The van der Waals surface area contributed by atoms with Crippen LogP contribution in [0.5, 0.6) is 5.75 Å². The highest BCUT2D eigenvalue weighted by Gasteiger charge is 2.08. The van der Waals surface area contributed by atoms with Gasteiger partial charge in [-0.15, -0.1) is 0 Å². The molecular weight excluding hydrogens is 261 g/mol. The molecule has 0 radical (unpaired) electrons. The van der Waals surface area contributed by atoms with Crippen LogP contribution < -0.4 is 4.72 Å². The molecule has 0 amide bonds. The van der Waals surface area contributed by atoms with Crippen molar-refractivity contribution in [2.24, 2.45) is 0 Å². The standard InChI is InChI=1S/C8H7Cl2NO3S/c9-4-1-5(10)8(14)6(2-4)15-11-3-7(12)13/h1-2,11,14H,3H2,(H,12,13). The van der Waals surface area contributed by atoms with Crippen molar-refractivity contribution >= 4 is 41.1 Å². The van der Waals surface area contributed by atoms with Crippen molar-refractivity contribution in [2.75, 3.05) is 6.54 Å². The van der Waals surface area contributed by atoms with Gasteiger partial charge in [-0.25, -0.2) is 4.72 Å². The smallest absolute Gasteiger partial charge is 0.318 e. The first kappa shape index (κ1) is 12.4. The molecule has 0 aliphatic carbocycles. The number of rotatable bonds is 4. The quantitative estimate of drug-likeness (QED) is 0.731. The van der Waals surface area contributed by atoms with Crippen LogP contribution in [0.25, 0.3) is 0 Å². The first-order valence-electron chi connectivity index (χ1n) is 3.80. The van der Waals surface area contributed by atoms with E-state index in [-0.39, 0.29) is 17.3 Å². The molecule has 0 bridgehead atoms. The Balaban J connectivity index is 2.72. The van der Waals surface area contributed by atoms with Gasteiger partial charge < -0.3 is 10.2 Å². The van der Waals surface area contributed by atoms with Gasteiger partial charge in [-0.1, -0.05) is 23.2 Å². The molecule has 0 spiro atoms. The van der Waals surface area contributed by atoms with Crippen LogP contribution in [0.4, 0.5) is 0 Å². The molecule has 7 heteroatoms. The summed E-state index contributed by atoms with van der Waals surface area (Å²) in [6, 6.07) is 2.89. The second-order valence-electron chi connectivity index (χ2n) is 2.55. The Morgan fingerprint density at radius 3 is 2.73 bits per heavy atom. The van der Waals surface area contributed by atoms with E-state index in [4.69, 9.17) is 28.3 Å². The SMILES string of the molecule is O=C(O)CNSc1cc(Cl)cc(Cl)c1O. The number of hydrogen-bond donors (Lipinski definition) is 3. The van der Waals surface area contributed by atoms with Crippen molar-refractivity contribution in [3.63, 3.8) is 0 Å². The van der Waals surface area contributed by atoms with Crippen molar-refractivity contribution in [3.05, 3.63) is 22.2 Å². The van der Waals surface area contributed by atoms with Crippen molar-refractivity contribution in [1.82, 2.24) is 4.72 Å². The van der Waals surface area contributed by atoms with Crippen molar-refractivity contribution < 1.29 is 15.0 Å². The minimum Gasteiger partial charge on any atom is -0.505 e. The summed E-state index contributed by atoms with van der Waals surface area (Å²) >= 11 is 12.3. The number of carbonyl (C=O) groups is 1. The number of carboxylic acids is 1. The maximum Gasteiger partial charge on any atom is 0.318 e. The second-order valence-corrected chi connectivity index (χ2v) is 4.33. The molecule has 4 nitrogen and oxygen atoms in total. The molecule has 3 N–H and O–H groups in total. The largest absolute Gasteiger partial charge is 0.505 e. The van der Waals surface area contributed by atoms with Crippen LogP contribution in [0, 0.1) is 0 Å². The predicted octanol–water partition coefficient (Wildman–Crippen LogP) is 2.38. The first-order valence-corrected chi connectivity index (χ1v) is 5.37.